The van der Waals surface area contributed by atoms with Gasteiger partial charge in [0.1, 0.15) is 6.04 Å². The van der Waals surface area contributed by atoms with E-state index in [2.05, 4.69) is 5.32 Å². The second kappa shape index (κ2) is 6.33. The van der Waals surface area contributed by atoms with Gasteiger partial charge in [-0.05, 0) is 17.7 Å². The Balaban J connectivity index is 2.09. The average molecular weight is 326 g/mol. The smallest absolute Gasteiger partial charge is 0.226 e. The second-order valence-corrected chi connectivity index (χ2v) is 5.73. The normalized spacial score (nSPS) is 19.2. The molecule has 1 fully saturated rings. The lowest BCUT2D eigenvalue weighted by molar-refractivity contribution is -0.128. The number of nitriles is 1. The molecule has 1 saturated heterocycles. The van der Waals surface area contributed by atoms with Crippen molar-refractivity contribution in [2.45, 2.75) is 12.5 Å². The van der Waals surface area contributed by atoms with Crippen molar-refractivity contribution >= 4 is 35.0 Å². The van der Waals surface area contributed by atoms with Gasteiger partial charge in [-0.1, -0.05) is 29.3 Å². The molecule has 0 aliphatic carbocycles. The van der Waals surface area contributed by atoms with Crippen molar-refractivity contribution in [2.24, 2.45) is 5.92 Å². The van der Waals surface area contributed by atoms with Crippen molar-refractivity contribution in [1.29, 1.82) is 5.26 Å². The Morgan fingerprint density at radius 2 is 2.19 bits per heavy atom. The molecule has 2 rings (SSSR count). The molecule has 0 spiro atoms. The van der Waals surface area contributed by atoms with Crippen LogP contribution in [0, 0.1) is 17.2 Å². The van der Waals surface area contributed by atoms with Gasteiger partial charge in [-0.25, -0.2) is 0 Å². The first-order valence-electron chi connectivity index (χ1n) is 6.31. The molecule has 21 heavy (non-hydrogen) atoms. The molecule has 2 amide bonds. The topological polar surface area (TPSA) is 73.2 Å². The van der Waals surface area contributed by atoms with E-state index in [0.717, 1.165) is 0 Å². The Hall–Kier alpha value is -1.77. The van der Waals surface area contributed by atoms with E-state index in [0.29, 0.717) is 22.2 Å². The summed E-state index contributed by atoms with van der Waals surface area (Å²) in [5, 5.41) is 12.5. The number of carbonyl (C=O) groups is 2. The van der Waals surface area contributed by atoms with Gasteiger partial charge < -0.3 is 10.2 Å². The Bertz CT molecular complexity index is 627. The molecule has 2 atom stereocenters. The predicted molar refractivity (Wildman–Crippen MR) is 78.7 cm³/mol. The fourth-order valence-corrected chi connectivity index (χ4v) is 2.49. The third-order valence-electron chi connectivity index (χ3n) is 3.40. The number of amides is 2. The number of likely N-dealkylation sites (tertiary alicyclic amines) is 1. The summed E-state index contributed by atoms with van der Waals surface area (Å²) < 4.78 is 0. The summed E-state index contributed by atoms with van der Waals surface area (Å²) in [6.07, 6.45) is 0.169. The van der Waals surface area contributed by atoms with E-state index < -0.39 is 12.0 Å². The third-order valence-corrected chi connectivity index (χ3v) is 4.14. The highest BCUT2D eigenvalue weighted by Gasteiger charge is 2.33. The van der Waals surface area contributed by atoms with Crippen molar-refractivity contribution in [3.05, 3.63) is 33.8 Å². The molecule has 0 bridgehead atoms. The largest absolute Gasteiger partial charge is 0.345 e. The Morgan fingerprint density at radius 3 is 2.71 bits per heavy atom. The Morgan fingerprint density at radius 1 is 1.48 bits per heavy atom. The highest BCUT2D eigenvalue weighted by molar-refractivity contribution is 6.42. The van der Waals surface area contributed by atoms with E-state index in [1.54, 1.807) is 25.2 Å². The van der Waals surface area contributed by atoms with Gasteiger partial charge in [-0.15, -0.1) is 0 Å². The minimum atomic E-state index is -0.826. The number of benzene rings is 1. The van der Waals surface area contributed by atoms with Crippen LogP contribution in [-0.2, 0) is 9.59 Å². The lowest BCUT2D eigenvalue weighted by Gasteiger charge is -2.15. The zero-order valence-corrected chi connectivity index (χ0v) is 12.8. The summed E-state index contributed by atoms with van der Waals surface area (Å²) >= 11 is 11.7. The number of hydrogen-bond acceptors (Lipinski definition) is 3. The van der Waals surface area contributed by atoms with Crippen LogP contribution >= 0.6 is 23.2 Å². The van der Waals surface area contributed by atoms with Crippen molar-refractivity contribution in [3.8, 4) is 6.07 Å². The van der Waals surface area contributed by atoms with Crippen molar-refractivity contribution < 1.29 is 9.59 Å². The first-order chi connectivity index (χ1) is 9.92. The zero-order chi connectivity index (χ0) is 15.6. The van der Waals surface area contributed by atoms with Gasteiger partial charge in [0.15, 0.2) is 0 Å². The van der Waals surface area contributed by atoms with E-state index in [-0.39, 0.29) is 18.2 Å². The standard InChI is InChI=1S/C14H13Cl2N3O2/c1-19-7-9(5-13(19)20)14(21)18-12(6-17)8-2-3-10(15)11(16)4-8/h2-4,9,12H,5,7H2,1H3,(H,18,21)/t9-,12-/m1/s1. The Labute approximate surface area is 132 Å². The number of nitrogens with zero attached hydrogens (tertiary/aromatic N) is 2. The average Bonchev–Trinajstić information content (AvgIpc) is 2.79. The minimum Gasteiger partial charge on any atom is -0.345 e. The number of carbonyl (C=O) groups excluding carboxylic acids is 2. The molecule has 0 radical (unpaired) electrons. The molecule has 1 heterocycles. The number of hydrogen-bond donors (Lipinski definition) is 1. The van der Waals surface area contributed by atoms with Crippen LogP contribution in [0.2, 0.25) is 10.0 Å². The fraction of sp³-hybridized carbons (Fsp3) is 0.357. The highest BCUT2D eigenvalue weighted by atomic mass is 35.5. The van der Waals surface area contributed by atoms with E-state index >= 15 is 0 Å². The van der Waals surface area contributed by atoms with Gasteiger partial charge in [0.05, 0.1) is 22.0 Å². The molecule has 110 valence electrons. The minimum absolute atomic E-state index is 0.0711. The fourth-order valence-electron chi connectivity index (χ4n) is 2.18. The first kappa shape index (κ1) is 15.6. The van der Waals surface area contributed by atoms with Crippen LogP contribution in [0.1, 0.15) is 18.0 Å². The van der Waals surface area contributed by atoms with Crippen LogP contribution in [0.15, 0.2) is 18.2 Å². The lowest BCUT2D eigenvalue weighted by atomic mass is 10.0. The highest BCUT2D eigenvalue weighted by Crippen LogP contribution is 2.26. The maximum atomic E-state index is 12.1. The van der Waals surface area contributed by atoms with Gasteiger partial charge in [-0.3, -0.25) is 9.59 Å². The molecule has 0 unspecified atom stereocenters. The van der Waals surface area contributed by atoms with Gasteiger partial charge in [0.25, 0.3) is 0 Å². The van der Waals surface area contributed by atoms with Crippen molar-refractivity contribution in [2.75, 3.05) is 13.6 Å². The molecule has 1 N–H and O–H groups in total. The van der Waals surface area contributed by atoms with Gasteiger partial charge in [0.2, 0.25) is 11.8 Å². The number of rotatable bonds is 3. The van der Waals surface area contributed by atoms with Gasteiger partial charge in [0, 0.05) is 20.0 Å². The van der Waals surface area contributed by atoms with Crippen LogP contribution in [0.3, 0.4) is 0 Å². The summed E-state index contributed by atoms with van der Waals surface area (Å²) in [4.78, 5) is 25.1. The lowest BCUT2D eigenvalue weighted by Crippen LogP contribution is -2.34. The molecular weight excluding hydrogens is 313 g/mol. The molecule has 5 nitrogen and oxygen atoms in total. The monoisotopic (exact) mass is 325 g/mol. The molecule has 1 aliphatic heterocycles. The van der Waals surface area contributed by atoms with Crippen LogP contribution in [0.5, 0.6) is 0 Å². The van der Waals surface area contributed by atoms with Gasteiger partial charge >= 0.3 is 0 Å². The Kier molecular flexibility index (Phi) is 4.71. The third kappa shape index (κ3) is 3.46. The first-order valence-corrected chi connectivity index (χ1v) is 7.07. The zero-order valence-electron chi connectivity index (χ0n) is 11.3. The summed E-state index contributed by atoms with van der Waals surface area (Å²) in [5.41, 5.74) is 0.554. The van der Waals surface area contributed by atoms with Crippen LogP contribution < -0.4 is 5.32 Å². The second-order valence-electron chi connectivity index (χ2n) is 4.92. The quantitative estimate of drug-likeness (QED) is 0.925. The number of halogens is 2. The van der Waals surface area contributed by atoms with Crippen molar-refractivity contribution in [1.82, 2.24) is 10.2 Å². The van der Waals surface area contributed by atoms with E-state index in [4.69, 9.17) is 23.2 Å². The molecule has 1 aliphatic rings. The van der Waals surface area contributed by atoms with Crippen LogP contribution in [0.25, 0.3) is 0 Å². The molecule has 1 aromatic rings. The van der Waals surface area contributed by atoms with Crippen molar-refractivity contribution in [3.63, 3.8) is 0 Å². The summed E-state index contributed by atoms with van der Waals surface area (Å²) in [6, 6.07) is 5.93. The molecule has 0 saturated carbocycles. The van der Waals surface area contributed by atoms with Crippen LogP contribution in [0.4, 0.5) is 0 Å². The van der Waals surface area contributed by atoms with E-state index in [1.807, 2.05) is 6.07 Å². The molecule has 7 heteroatoms. The van der Waals surface area contributed by atoms with Gasteiger partial charge in [-0.2, -0.15) is 5.26 Å². The van der Waals surface area contributed by atoms with Crippen LogP contribution in [-0.4, -0.2) is 30.3 Å². The maximum absolute atomic E-state index is 12.1. The van der Waals surface area contributed by atoms with E-state index in [1.165, 1.54) is 4.90 Å². The summed E-state index contributed by atoms with van der Waals surface area (Å²) in [5.74, 6) is -0.815. The predicted octanol–water partition coefficient (Wildman–Crippen LogP) is 2.15. The molecule has 0 aromatic heterocycles. The summed E-state index contributed by atoms with van der Waals surface area (Å²) in [7, 11) is 1.65. The van der Waals surface area contributed by atoms with E-state index in [9.17, 15) is 14.9 Å². The number of nitrogens with one attached hydrogen (secondary N) is 1. The summed E-state index contributed by atoms with van der Waals surface area (Å²) in [6.45, 7) is 0.365. The molecule has 1 aromatic carbocycles. The maximum Gasteiger partial charge on any atom is 0.226 e. The SMILES string of the molecule is CN1C[C@H](C(=O)N[C@H](C#N)c2ccc(Cl)c(Cl)c2)CC1=O. The molecular formula is C14H13Cl2N3O2.